The minimum absolute atomic E-state index is 0.0955. The molecule has 0 unspecified atom stereocenters. The van der Waals surface area contributed by atoms with E-state index < -0.39 is 10.0 Å². The Labute approximate surface area is 150 Å². The lowest BCUT2D eigenvalue weighted by molar-refractivity contribution is -0.122. The van der Waals surface area contributed by atoms with Crippen LogP contribution in [0.4, 0.5) is 0 Å². The first-order valence-electron chi connectivity index (χ1n) is 7.57. The number of hydrogen-bond donors (Lipinski definition) is 0. The zero-order valence-electron chi connectivity index (χ0n) is 13.7. The number of likely N-dealkylation sites (N-methyl/N-ethyl adjacent to an activating group) is 1. The van der Waals surface area contributed by atoms with Gasteiger partial charge in [-0.3, -0.25) is 9.69 Å². The van der Waals surface area contributed by atoms with Crippen molar-refractivity contribution in [1.29, 1.82) is 0 Å². The molecule has 1 aliphatic heterocycles. The van der Waals surface area contributed by atoms with Crippen LogP contribution >= 0.6 is 11.8 Å². The van der Waals surface area contributed by atoms with E-state index in [1.807, 2.05) is 6.92 Å². The molecular formula is C17H16N2O4S2. The summed E-state index contributed by atoms with van der Waals surface area (Å²) < 4.78 is 34.1. The predicted octanol–water partition coefficient (Wildman–Crippen LogP) is 3.27. The van der Waals surface area contributed by atoms with E-state index in [9.17, 15) is 13.2 Å². The van der Waals surface area contributed by atoms with Crippen molar-refractivity contribution in [3.8, 4) is 0 Å². The Morgan fingerprint density at radius 3 is 2.56 bits per heavy atom. The summed E-state index contributed by atoms with van der Waals surface area (Å²) in [7, 11) is -3.89. The summed E-state index contributed by atoms with van der Waals surface area (Å²) in [6, 6.07) is 9.86. The second kappa shape index (κ2) is 6.89. The fraction of sp³-hybridized carbons (Fsp3) is 0.176. The highest BCUT2D eigenvalue weighted by Crippen LogP contribution is 2.33. The van der Waals surface area contributed by atoms with Crippen LogP contribution in [0.5, 0.6) is 0 Å². The Kier molecular flexibility index (Phi) is 4.82. The van der Waals surface area contributed by atoms with Gasteiger partial charge < -0.3 is 4.42 Å². The van der Waals surface area contributed by atoms with Gasteiger partial charge in [-0.2, -0.15) is 8.42 Å². The van der Waals surface area contributed by atoms with Crippen LogP contribution in [-0.4, -0.2) is 30.9 Å². The zero-order valence-corrected chi connectivity index (χ0v) is 15.3. The number of benzene rings is 1. The minimum atomic E-state index is -3.89. The number of sulfonamides is 1. The van der Waals surface area contributed by atoms with Gasteiger partial charge in [-0.1, -0.05) is 17.7 Å². The Morgan fingerprint density at radius 1 is 1.24 bits per heavy atom. The third-order valence-electron chi connectivity index (χ3n) is 3.54. The van der Waals surface area contributed by atoms with E-state index in [4.69, 9.17) is 4.42 Å². The topological polar surface area (TPSA) is 80.0 Å². The van der Waals surface area contributed by atoms with E-state index in [1.165, 1.54) is 23.3 Å². The molecule has 2 heterocycles. The Hall–Kier alpha value is -2.32. The number of nitrogens with zero attached hydrogens (tertiary/aromatic N) is 2. The van der Waals surface area contributed by atoms with E-state index in [1.54, 1.807) is 37.3 Å². The van der Waals surface area contributed by atoms with E-state index >= 15 is 0 Å². The van der Waals surface area contributed by atoms with Gasteiger partial charge in [0.15, 0.2) is 5.17 Å². The fourth-order valence-electron chi connectivity index (χ4n) is 2.22. The molecule has 0 spiro atoms. The molecule has 3 rings (SSSR count). The summed E-state index contributed by atoms with van der Waals surface area (Å²) in [5, 5.41) is 0.144. The van der Waals surface area contributed by atoms with Crippen LogP contribution in [0.15, 0.2) is 61.3 Å². The van der Waals surface area contributed by atoms with Gasteiger partial charge in [0, 0.05) is 12.6 Å². The molecule has 1 saturated heterocycles. The lowest BCUT2D eigenvalue weighted by atomic mass is 10.2. The summed E-state index contributed by atoms with van der Waals surface area (Å²) >= 11 is 1.02. The molecule has 1 aromatic heterocycles. The summed E-state index contributed by atoms with van der Waals surface area (Å²) in [6.07, 6.45) is 3.08. The summed E-state index contributed by atoms with van der Waals surface area (Å²) in [5.74, 6) is 0.233. The molecule has 0 radical (unpaired) electrons. The molecule has 0 aliphatic carbocycles. The SMILES string of the molecule is CCN1C(=O)C(=Cc2ccco2)SC1=NS(=O)(=O)c1ccc(C)cc1. The lowest BCUT2D eigenvalue weighted by Gasteiger charge is -2.11. The molecule has 0 saturated carbocycles. The summed E-state index contributed by atoms with van der Waals surface area (Å²) in [6.45, 7) is 3.96. The van der Waals surface area contributed by atoms with Crippen molar-refractivity contribution in [2.75, 3.05) is 6.54 Å². The summed E-state index contributed by atoms with van der Waals surface area (Å²) in [5.41, 5.74) is 0.955. The summed E-state index contributed by atoms with van der Waals surface area (Å²) in [4.78, 5) is 14.3. The van der Waals surface area contributed by atoms with Gasteiger partial charge in [-0.05, 0) is 49.9 Å². The number of aryl methyl sites for hydroxylation is 1. The average molecular weight is 376 g/mol. The second-order valence-electron chi connectivity index (χ2n) is 5.34. The minimum Gasteiger partial charge on any atom is -0.465 e. The first-order chi connectivity index (χ1) is 11.9. The van der Waals surface area contributed by atoms with Crippen LogP contribution in [0.1, 0.15) is 18.2 Å². The molecule has 1 amide bonds. The third-order valence-corrected chi connectivity index (χ3v) is 5.94. The van der Waals surface area contributed by atoms with Crippen molar-refractivity contribution in [2.24, 2.45) is 4.40 Å². The van der Waals surface area contributed by atoms with Crippen molar-refractivity contribution in [3.63, 3.8) is 0 Å². The third kappa shape index (κ3) is 3.69. The van der Waals surface area contributed by atoms with E-state index in [0.717, 1.165) is 17.3 Å². The van der Waals surface area contributed by atoms with Crippen LogP contribution in [-0.2, 0) is 14.8 Å². The number of rotatable bonds is 4. The standard InChI is InChI=1S/C17H16N2O4S2/c1-3-19-16(20)15(11-13-5-4-10-23-13)24-17(19)18-25(21,22)14-8-6-12(2)7-9-14/h4-11H,3H2,1-2H3. The molecule has 0 bridgehead atoms. The molecule has 25 heavy (non-hydrogen) atoms. The van der Waals surface area contributed by atoms with Crippen molar-refractivity contribution < 1.29 is 17.6 Å². The van der Waals surface area contributed by atoms with Gasteiger partial charge in [0.2, 0.25) is 0 Å². The van der Waals surface area contributed by atoms with E-state index in [2.05, 4.69) is 4.40 Å². The first kappa shape index (κ1) is 17.5. The number of amidine groups is 1. The molecule has 2 aromatic rings. The maximum atomic E-state index is 12.5. The van der Waals surface area contributed by atoms with Crippen LogP contribution < -0.4 is 0 Å². The lowest BCUT2D eigenvalue weighted by Crippen LogP contribution is -2.29. The number of thioether (sulfide) groups is 1. The Morgan fingerprint density at radius 2 is 1.96 bits per heavy atom. The van der Waals surface area contributed by atoms with Crippen molar-refractivity contribution in [3.05, 3.63) is 58.9 Å². The molecule has 1 aliphatic rings. The van der Waals surface area contributed by atoms with Crippen LogP contribution in [0, 0.1) is 6.92 Å². The monoisotopic (exact) mass is 376 g/mol. The van der Waals surface area contributed by atoms with Gasteiger partial charge >= 0.3 is 0 Å². The highest BCUT2D eigenvalue weighted by molar-refractivity contribution is 8.19. The fourth-order valence-corrected chi connectivity index (χ4v) is 4.45. The highest BCUT2D eigenvalue weighted by Gasteiger charge is 2.34. The van der Waals surface area contributed by atoms with Crippen LogP contribution in [0.2, 0.25) is 0 Å². The quantitative estimate of drug-likeness (QED) is 0.765. The first-order valence-corrected chi connectivity index (χ1v) is 9.83. The molecule has 0 atom stereocenters. The molecule has 1 fully saturated rings. The van der Waals surface area contributed by atoms with Crippen molar-refractivity contribution in [2.45, 2.75) is 18.7 Å². The van der Waals surface area contributed by atoms with Crippen molar-refractivity contribution >= 4 is 38.9 Å². The number of amides is 1. The van der Waals surface area contributed by atoms with E-state index in [-0.39, 0.29) is 16.0 Å². The molecule has 0 N–H and O–H groups in total. The maximum Gasteiger partial charge on any atom is 0.284 e. The Bertz CT molecular complexity index is 943. The smallest absolute Gasteiger partial charge is 0.284 e. The zero-order chi connectivity index (χ0) is 18.0. The molecule has 1 aromatic carbocycles. The normalized spacial score (nSPS) is 18.5. The van der Waals surface area contributed by atoms with Gasteiger partial charge in [0.1, 0.15) is 5.76 Å². The van der Waals surface area contributed by atoms with Crippen molar-refractivity contribution in [1.82, 2.24) is 4.90 Å². The number of hydrogen-bond acceptors (Lipinski definition) is 5. The number of furan rings is 1. The van der Waals surface area contributed by atoms with Gasteiger partial charge in [-0.15, -0.1) is 4.40 Å². The number of carbonyl (C=O) groups excluding carboxylic acids is 1. The van der Waals surface area contributed by atoms with Gasteiger partial charge in [0.05, 0.1) is 16.1 Å². The van der Waals surface area contributed by atoms with Gasteiger partial charge in [-0.25, -0.2) is 0 Å². The van der Waals surface area contributed by atoms with Gasteiger partial charge in [0.25, 0.3) is 15.9 Å². The Balaban J connectivity index is 1.96. The van der Waals surface area contributed by atoms with E-state index in [0.29, 0.717) is 17.2 Å². The largest absolute Gasteiger partial charge is 0.465 e. The predicted molar refractivity (Wildman–Crippen MR) is 97.5 cm³/mol. The molecular weight excluding hydrogens is 360 g/mol. The molecule has 8 heteroatoms. The average Bonchev–Trinajstić information content (AvgIpc) is 3.17. The number of carbonyl (C=O) groups is 1. The molecule has 6 nitrogen and oxygen atoms in total. The van der Waals surface area contributed by atoms with Crippen LogP contribution in [0.3, 0.4) is 0 Å². The molecule has 130 valence electrons. The van der Waals surface area contributed by atoms with Crippen LogP contribution in [0.25, 0.3) is 6.08 Å². The second-order valence-corrected chi connectivity index (χ2v) is 7.95. The maximum absolute atomic E-state index is 12.5. The highest BCUT2D eigenvalue weighted by atomic mass is 32.2.